The first kappa shape index (κ1) is 26.2. The van der Waals surface area contributed by atoms with E-state index in [2.05, 4.69) is 11.0 Å². The quantitative estimate of drug-likeness (QED) is 0.569. The molecule has 2 saturated heterocycles. The summed E-state index contributed by atoms with van der Waals surface area (Å²) in [5, 5.41) is 20.5. The Bertz CT molecular complexity index is 1320. The summed E-state index contributed by atoms with van der Waals surface area (Å²) in [6, 6.07) is 2.66. The Balaban J connectivity index is 1.25. The second-order valence-electron chi connectivity index (χ2n) is 12.7. The third-order valence-corrected chi connectivity index (χ3v) is 10.5. The number of rotatable bonds is 5. The highest BCUT2D eigenvalue weighted by atomic mass is 19.1. The molecule has 6 aliphatic rings. The average Bonchev–Trinajstić information content (AvgIpc) is 3.46. The predicted octanol–water partition coefficient (Wildman–Crippen LogP) is 3.21. The number of nitrogens with zero attached hydrogens (tertiary/aromatic N) is 5. The van der Waals surface area contributed by atoms with E-state index in [1.165, 1.54) is 5.57 Å². The van der Waals surface area contributed by atoms with Crippen molar-refractivity contribution in [1.29, 1.82) is 5.26 Å². The smallest absolute Gasteiger partial charge is 0.318 e. The molecule has 0 amide bonds. The summed E-state index contributed by atoms with van der Waals surface area (Å²) in [5.74, 6) is 0.721. The summed E-state index contributed by atoms with van der Waals surface area (Å²) in [4.78, 5) is 14.1. The van der Waals surface area contributed by atoms with E-state index in [1.807, 2.05) is 11.9 Å². The van der Waals surface area contributed by atoms with Gasteiger partial charge in [-0.2, -0.15) is 15.2 Å². The number of alkyl halides is 1. The van der Waals surface area contributed by atoms with Crippen molar-refractivity contribution >= 4 is 5.82 Å². The van der Waals surface area contributed by atoms with E-state index in [4.69, 9.17) is 25.2 Å². The maximum Gasteiger partial charge on any atom is 0.318 e. The zero-order chi connectivity index (χ0) is 27.6. The fourth-order valence-corrected chi connectivity index (χ4v) is 8.23. The van der Waals surface area contributed by atoms with Gasteiger partial charge in [-0.1, -0.05) is 5.57 Å². The van der Waals surface area contributed by atoms with Gasteiger partial charge >= 0.3 is 6.01 Å². The lowest BCUT2D eigenvalue weighted by Gasteiger charge is -2.46. The summed E-state index contributed by atoms with van der Waals surface area (Å²) in [5.41, 5.74) is 10.6. The normalized spacial score (nSPS) is 35.2. The van der Waals surface area contributed by atoms with Crippen LogP contribution in [0, 0.1) is 11.3 Å². The molecular formula is C30H39FN6O3. The molecule has 4 heterocycles. The van der Waals surface area contributed by atoms with Crippen molar-refractivity contribution in [2.45, 2.75) is 107 Å². The zero-order valence-electron chi connectivity index (χ0n) is 23.3. The lowest BCUT2D eigenvalue weighted by Crippen LogP contribution is -2.50. The van der Waals surface area contributed by atoms with Crippen LogP contribution in [0.1, 0.15) is 75.5 Å². The van der Waals surface area contributed by atoms with Crippen LogP contribution in [0.25, 0.3) is 0 Å². The van der Waals surface area contributed by atoms with Gasteiger partial charge in [-0.05, 0) is 64.3 Å². The van der Waals surface area contributed by atoms with Crippen molar-refractivity contribution in [3.63, 3.8) is 0 Å². The van der Waals surface area contributed by atoms with E-state index in [-0.39, 0.29) is 11.6 Å². The second kappa shape index (κ2) is 9.68. The van der Waals surface area contributed by atoms with Gasteiger partial charge in [-0.15, -0.1) is 0 Å². The van der Waals surface area contributed by atoms with E-state index >= 15 is 0 Å². The number of nitrogens with two attached hydrogens (primary N) is 1. The summed E-state index contributed by atoms with van der Waals surface area (Å²) in [6.45, 7) is 2.04. The van der Waals surface area contributed by atoms with E-state index in [9.17, 15) is 14.8 Å². The minimum absolute atomic E-state index is 0.0240. The Hall–Kier alpha value is -2.74. The summed E-state index contributed by atoms with van der Waals surface area (Å²) in [6.07, 6.45) is 7.72. The summed E-state index contributed by atoms with van der Waals surface area (Å²) < 4.78 is 27.5. The molecule has 3 aliphatic heterocycles. The van der Waals surface area contributed by atoms with Gasteiger partial charge < -0.3 is 25.2 Å². The molecule has 1 saturated carbocycles. The number of aromatic nitrogens is 2. The van der Waals surface area contributed by atoms with Crippen LogP contribution in [0.15, 0.2) is 22.4 Å². The number of likely N-dealkylation sites (N-methyl/N-ethyl adjacent to an activating group) is 1. The first-order valence-electron chi connectivity index (χ1n) is 14.9. The number of halogens is 1. The molecule has 40 heavy (non-hydrogen) atoms. The van der Waals surface area contributed by atoms with Crippen molar-refractivity contribution in [2.75, 3.05) is 31.6 Å². The Morgan fingerprint density at radius 2 is 2.12 bits per heavy atom. The molecule has 1 aromatic rings. The lowest BCUT2D eigenvalue weighted by molar-refractivity contribution is -0.0513. The van der Waals surface area contributed by atoms with Crippen molar-refractivity contribution in [1.82, 2.24) is 14.9 Å². The van der Waals surface area contributed by atoms with Gasteiger partial charge in [0.15, 0.2) is 0 Å². The molecule has 1 spiro atoms. The number of allylic oxidation sites excluding steroid dienone is 2. The van der Waals surface area contributed by atoms with Gasteiger partial charge in [0.1, 0.15) is 30.3 Å². The zero-order valence-corrected chi connectivity index (χ0v) is 23.3. The van der Waals surface area contributed by atoms with Crippen LogP contribution in [-0.4, -0.2) is 76.2 Å². The van der Waals surface area contributed by atoms with Crippen molar-refractivity contribution in [2.24, 2.45) is 5.73 Å². The van der Waals surface area contributed by atoms with Crippen LogP contribution in [0.3, 0.4) is 0 Å². The van der Waals surface area contributed by atoms with E-state index in [0.717, 1.165) is 80.6 Å². The number of hydrogen-bond donors (Lipinski definition) is 2. The second-order valence-corrected chi connectivity index (χ2v) is 12.7. The minimum Gasteiger partial charge on any atom is -0.461 e. The SMILES string of the molecule is CN(c1nc(OCC23CCCN2CC(F)C3)nc2c1COC1(CCCC3=C1C(C#N)=C(N)CC3)C2)C1CCC1O. The molecule has 3 aliphatic carbocycles. The van der Waals surface area contributed by atoms with Gasteiger partial charge in [-0.3, -0.25) is 4.90 Å². The molecule has 1 aromatic heterocycles. The van der Waals surface area contributed by atoms with Crippen molar-refractivity contribution in [3.05, 3.63) is 33.7 Å². The summed E-state index contributed by atoms with van der Waals surface area (Å²) >= 11 is 0. The standard InChI is InChI=1S/C30H39FN6O3/c1-36(24-7-8-25(24)38)27-21-16-40-30(10-2-4-18-5-6-22(33)20(14-32)26(18)30)13-23(21)34-28(35-27)39-17-29-9-3-11-37(29)15-19(31)12-29/h19,24-25,38H,2-13,15-17,33H2,1H3. The highest BCUT2D eigenvalue weighted by Gasteiger charge is 2.50. The van der Waals surface area contributed by atoms with Gasteiger partial charge in [0.05, 0.1) is 35.6 Å². The molecule has 3 fully saturated rings. The molecule has 10 heteroatoms. The van der Waals surface area contributed by atoms with Gasteiger partial charge in [0.25, 0.3) is 0 Å². The van der Waals surface area contributed by atoms with Crippen LogP contribution >= 0.6 is 0 Å². The summed E-state index contributed by atoms with van der Waals surface area (Å²) in [7, 11) is 1.96. The highest BCUT2D eigenvalue weighted by molar-refractivity contribution is 5.58. The number of hydrogen-bond acceptors (Lipinski definition) is 9. The number of nitriles is 1. The molecule has 0 aromatic carbocycles. The number of aliphatic hydroxyl groups is 1. The van der Waals surface area contributed by atoms with Crippen LogP contribution in [0.4, 0.5) is 10.2 Å². The molecule has 7 rings (SSSR count). The Morgan fingerprint density at radius 1 is 1.25 bits per heavy atom. The molecular weight excluding hydrogens is 511 g/mol. The lowest BCUT2D eigenvalue weighted by atomic mass is 9.69. The van der Waals surface area contributed by atoms with E-state index in [1.54, 1.807) is 0 Å². The van der Waals surface area contributed by atoms with E-state index < -0.39 is 17.9 Å². The van der Waals surface area contributed by atoms with Crippen LogP contribution in [0.2, 0.25) is 0 Å². The Kier molecular flexibility index (Phi) is 6.33. The molecule has 5 unspecified atom stereocenters. The van der Waals surface area contributed by atoms with Crippen LogP contribution < -0.4 is 15.4 Å². The van der Waals surface area contributed by atoms with E-state index in [0.29, 0.717) is 56.3 Å². The molecule has 9 nitrogen and oxygen atoms in total. The monoisotopic (exact) mass is 550 g/mol. The topological polar surface area (TPSA) is 121 Å². The Labute approximate surface area is 234 Å². The predicted molar refractivity (Wildman–Crippen MR) is 146 cm³/mol. The third kappa shape index (κ3) is 4.04. The highest BCUT2D eigenvalue weighted by Crippen LogP contribution is 2.50. The maximum absolute atomic E-state index is 14.4. The fourth-order valence-electron chi connectivity index (χ4n) is 8.23. The number of anilines is 1. The van der Waals surface area contributed by atoms with Crippen LogP contribution in [-0.2, 0) is 17.8 Å². The van der Waals surface area contributed by atoms with Crippen molar-refractivity contribution in [3.8, 4) is 12.1 Å². The maximum atomic E-state index is 14.4. The molecule has 0 radical (unpaired) electrons. The first-order valence-corrected chi connectivity index (χ1v) is 14.9. The minimum atomic E-state index is -0.828. The molecule has 3 N–H and O–H groups in total. The average molecular weight is 551 g/mol. The first-order chi connectivity index (χ1) is 19.3. The van der Waals surface area contributed by atoms with Crippen LogP contribution in [0.5, 0.6) is 6.01 Å². The molecule has 5 atom stereocenters. The van der Waals surface area contributed by atoms with Gasteiger partial charge in [-0.25, -0.2) is 4.39 Å². The number of fused-ring (bicyclic) bond motifs is 3. The molecule has 0 bridgehead atoms. The largest absolute Gasteiger partial charge is 0.461 e. The number of ether oxygens (including phenoxy) is 2. The van der Waals surface area contributed by atoms with Crippen molar-refractivity contribution < 1.29 is 19.0 Å². The van der Waals surface area contributed by atoms with Gasteiger partial charge in [0.2, 0.25) is 0 Å². The Morgan fingerprint density at radius 3 is 2.90 bits per heavy atom. The third-order valence-electron chi connectivity index (χ3n) is 10.5. The van der Waals surface area contributed by atoms with Gasteiger partial charge in [0, 0.05) is 43.3 Å². The molecule has 214 valence electrons. The number of aliphatic hydroxyl groups excluding tert-OH is 1. The fraction of sp³-hybridized carbons (Fsp3) is 0.700.